The van der Waals surface area contributed by atoms with Gasteiger partial charge in [-0.05, 0) is 63.8 Å². The number of ether oxygens (including phenoxy) is 1. The fourth-order valence-corrected chi connectivity index (χ4v) is 3.50. The number of nitrogens with zero attached hydrogens (tertiary/aromatic N) is 2. The van der Waals surface area contributed by atoms with E-state index in [0.29, 0.717) is 5.75 Å². The molecule has 0 saturated carbocycles. The molecule has 6 nitrogen and oxygen atoms in total. The number of rotatable bonds is 9. The van der Waals surface area contributed by atoms with E-state index in [4.69, 9.17) is 9.73 Å². The predicted octanol–water partition coefficient (Wildman–Crippen LogP) is 3.38. The monoisotopic (exact) mass is 504 g/mol. The maximum atomic E-state index is 9.68. The Balaban J connectivity index is 0.00000392. The van der Waals surface area contributed by atoms with E-state index in [-0.39, 0.29) is 29.7 Å². The molecule has 1 aromatic rings. The van der Waals surface area contributed by atoms with Gasteiger partial charge in [0.1, 0.15) is 0 Å². The number of likely N-dealkylation sites (tertiary alicyclic amines) is 1. The van der Waals surface area contributed by atoms with E-state index in [1.165, 1.54) is 25.8 Å². The molecule has 1 atom stereocenters. The summed E-state index contributed by atoms with van der Waals surface area (Å²) in [6.45, 7) is 9.26. The van der Waals surface area contributed by atoms with Crippen LogP contribution in [-0.4, -0.2) is 61.8 Å². The molecule has 0 bridgehead atoms. The Labute approximate surface area is 187 Å². The summed E-state index contributed by atoms with van der Waals surface area (Å²) in [7, 11) is 1.57. The van der Waals surface area contributed by atoms with Crippen LogP contribution in [0.2, 0.25) is 0 Å². The molecule has 160 valence electrons. The number of hydrogen-bond donors (Lipinski definition) is 3. The van der Waals surface area contributed by atoms with Crippen LogP contribution >= 0.6 is 24.0 Å². The number of nitrogens with one attached hydrogen (secondary N) is 2. The van der Waals surface area contributed by atoms with Crippen molar-refractivity contribution in [2.24, 2.45) is 4.99 Å². The van der Waals surface area contributed by atoms with Gasteiger partial charge >= 0.3 is 0 Å². The third-order valence-corrected chi connectivity index (χ3v) is 5.11. The molecular formula is C21H37IN4O2. The molecule has 7 heteroatoms. The normalized spacial score (nSPS) is 17.7. The van der Waals surface area contributed by atoms with Crippen molar-refractivity contribution in [2.75, 3.05) is 39.8 Å². The number of piperidine rings is 1. The van der Waals surface area contributed by atoms with Crippen LogP contribution in [0.3, 0.4) is 0 Å². The van der Waals surface area contributed by atoms with Crippen molar-refractivity contribution < 1.29 is 9.84 Å². The highest BCUT2D eigenvalue weighted by Gasteiger charge is 2.16. The third kappa shape index (κ3) is 8.43. The summed E-state index contributed by atoms with van der Waals surface area (Å²) in [5.41, 5.74) is 1.12. The van der Waals surface area contributed by atoms with Gasteiger partial charge in [-0.15, -0.1) is 24.0 Å². The Hall–Kier alpha value is -1.22. The van der Waals surface area contributed by atoms with Crippen molar-refractivity contribution in [3.05, 3.63) is 23.8 Å². The van der Waals surface area contributed by atoms with Gasteiger partial charge in [-0.25, -0.2) is 0 Å². The number of halogens is 1. The zero-order valence-electron chi connectivity index (χ0n) is 17.5. The van der Waals surface area contributed by atoms with Crippen LogP contribution in [0.25, 0.3) is 0 Å². The Morgan fingerprint density at radius 2 is 2.14 bits per heavy atom. The van der Waals surface area contributed by atoms with Crippen LogP contribution in [0.15, 0.2) is 23.2 Å². The van der Waals surface area contributed by atoms with Gasteiger partial charge < -0.3 is 25.4 Å². The van der Waals surface area contributed by atoms with Crippen molar-refractivity contribution in [1.82, 2.24) is 15.5 Å². The zero-order chi connectivity index (χ0) is 19.5. The number of aromatic hydroxyl groups is 1. The molecule has 0 aromatic heterocycles. The largest absolute Gasteiger partial charge is 0.504 e. The second-order valence-electron chi connectivity index (χ2n) is 7.18. The lowest BCUT2D eigenvalue weighted by Gasteiger charge is -2.33. The first-order valence-corrected chi connectivity index (χ1v) is 10.3. The van der Waals surface area contributed by atoms with Crippen LogP contribution in [-0.2, 0) is 6.42 Å². The van der Waals surface area contributed by atoms with E-state index in [1.807, 2.05) is 12.1 Å². The van der Waals surface area contributed by atoms with Gasteiger partial charge in [0, 0.05) is 32.2 Å². The molecule has 28 heavy (non-hydrogen) atoms. The average molecular weight is 504 g/mol. The molecular weight excluding hydrogens is 467 g/mol. The number of aliphatic imine (C=N–C) groups is 1. The maximum Gasteiger partial charge on any atom is 0.191 e. The summed E-state index contributed by atoms with van der Waals surface area (Å²) in [6.07, 6.45) is 5.97. The number of methoxy groups -OCH3 is 1. The van der Waals surface area contributed by atoms with Gasteiger partial charge in [-0.3, -0.25) is 4.99 Å². The minimum Gasteiger partial charge on any atom is -0.504 e. The number of phenolic OH excluding ortho intramolecular Hbond substituents is 1. The standard InChI is InChI=1S/C21H36N4O2.HI/c1-4-22-21(23-12-7-15-25-14-6-5-8-17(25)2)24-13-11-18-9-10-19(26)20(16-18)27-3;/h9-10,16-17,26H,4-8,11-15H2,1-3H3,(H2,22,23,24);1H. The van der Waals surface area contributed by atoms with Gasteiger partial charge in [-0.1, -0.05) is 12.5 Å². The average Bonchev–Trinajstić information content (AvgIpc) is 2.67. The van der Waals surface area contributed by atoms with Gasteiger partial charge in [0.15, 0.2) is 17.5 Å². The van der Waals surface area contributed by atoms with Crippen LogP contribution in [0.4, 0.5) is 0 Å². The number of guanidine groups is 1. The van der Waals surface area contributed by atoms with Crippen molar-refractivity contribution in [2.45, 2.75) is 52.0 Å². The molecule has 1 heterocycles. The highest BCUT2D eigenvalue weighted by Crippen LogP contribution is 2.26. The zero-order valence-corrected chi connectivity index (χ0v) is 19.9. The first-order chi connectivity index (χ1) is 13.1. The Morgan fingerprint density at radius 3 is 2.86 bits per heavy atom. The molecule has 3 N–H and O–H groups in total. The lowest BCUT2D eigenvalue weighted by molar-refractivity contribution is 0.160. The summed E-state index contributed by atoms with van der Waals surface area (Å²) in [4.78, 5) is 7.30. The maximum absolute atomic E-state index is 9.68. The van der Waals surface area contributed by atoms with Crippen LogP contribution in [0.5, 0.6) is 11.5 Å². The van der Waals surface area contributed by atoms with Crippen LogP contribution in [0, 0.1) is 0 Å². The molecule has 1 aliphatic heterocycles. The van der Waals surface area contributed by atoms with E-state index < -0.39 is 0 Å². The highest BCUT2D eigenvalue weighted by molar-refractivity contribution is 14.0. The summed E-state index contributed by atoms with van der Waals surface area (Å²) >= 11 is 0. The second kappa shape index (κ2) is 13.9. The minimum absolute atomic E-state index is 0. The topological polar surface area (TPSA) is 69.1 Å². The third-order valence-electron chi connectivity index (χ3n) is 5.11. The molecule has 2 rings (SSSR count). The van der Waals surface area contributed by atoms with E-state index >= 15 is 0 Å². The minimum atomic E-state index is 0. The summed E-state index contributed by atoms with van der Waals surface area (Å²) in [5, 5.41) is 16.4. The van der Waals surface area contributed by atoms with E-state index in [0.717, 1.165) is 56.6 Å². The summed E-state index contributed by atoms with van der Waals surface area (Å²) in [6, 6.07) is 6.19. The summed E-state index contributed by atoms with van der Waals surface area (Å²) in [5.74, 6) is 1.56. The van der Waals surface area contributed by atoms with Crippen molar-refractivity contribution in [3.63, 3.8) is 0 Å². The molecule has 0 spiro atoms. The van der Waals surface area contributed by atoms with Gasteiger partial charge in [-0.2, -0.15) is 0 Å². The van der Waals surface area contributed by atoms with E-state index in [9.17, 15) is 5.11 Å². The van der Waals surface area contributed by atoms with Crippen molar-refractivity contribution in [1.29, 1.82) is 0 Å². The highest BCUT2D eigenvalue weighted by atomic mass is 127. The first kappa shape index (κ1) is 24.8. The first-order valence-electron chi connectivity index (χ1n) is 10.3. The molecule has 0 radical (unpaired) electrons. The molecule has 1 fully saturated rings. The molecule has 1 aromatic carbocycles. The fraction of sp³-hybridized carbons (Fsp3) is 0.667. The van der Waals surface area contributed by atoms with Crippen molar-refractivity contribution >= 4 is 29.9 Å². The Kier molecular flexibility index (Phi) is 12.3. The molecule has 1 aliphatic rings. The molecule has 1 unspecified atom stereocenters. The Bertz CT molecular complexity index is 598. The lowest BCUT2D eigenvalue weighted by Crippen LogP contribution is -2.39. The predicted molar refractivity (Wildman–Crippen MR) is 127 cm³/mol. The van der Waals surface area contributed by atoms with Crippen LogP contribution < -0.4 is 15.4 Å². The SMILES string of the molecule is CCNC(=NCCCN1CCCCC1C)NCCc1ccc(O)c(OC)c1.I. The van der Waals surface area contributed by atoms with Gasteiger partial charge in [0.25, 0.3) is 0 Å². The van der Waals surface area contributed by atoms with Crippen molar-refractivity contribution in [3.8, 4) is 11.5 Å². The fourth-order valence-electron chi connectivity index (χ4n) is 3.50. The quantitative estimate of drug-likeness (QED) is 0.208. The smallest absolute Gasteiger partial charge is 0.191 e. The van der Waals surface area contributed by atoms with E-state index in [2.05, 4.69) is 29.4 Å². The lowest BCUT2D eigenvalue weighted by atomic mass is 10.0. The van der Waals surface area contributed by atoms with Gasteiger partial charge in [0.2, 0.25) is 0 Å². The molecule has 1 saturated heterocycles. The molecule has 0 amide bonds. The summed E-state index contributed by atoms with van der Waals surface area (Å²) < 4.78 is 5.16. The molecule has 0 aliphatic carbocycles. The van der Waals surface area contributed by atoms with Crippen LogP contribution in [0.1, 0.15) is 45.1 Å². The van der Waals surface area contributed by atoms with Gasteiger partial charge in [0.05, 0.1) is 7.11 Å². The number of hydrogen-bond acceptors (Lipinski definition) is 4. The van der Waals surface area contributed by atoms with E-state index in [1.54, 1.807) is 13.2 Å². The number of phenols is 1. The number of benzene rings is 1. The second-order valence-corrected chi connectivity index (χ2v) is 7.18. The Morgan fingerprint density at radius 1 is 1.32 bits per heavy atom.